The highest BCUT2D eigenvalue weighted by molar-refractivity contribution is 7.86. The van der Waals surface area contributed by atoms with E-state index in [1.54, 1.807) is 27.7 Å². The van der Waals surface area contributed by atoms with Crippen LogP contribution in [0.25, 0.3) is 0 Å². The van der Waals surface area contributed by atoms with Gasteiger partial charge >= 0.3 is 10.2 Å². The predicted molar refractivity (Wildman–Crippen MR) is 58.7 cm³/mol. The number of nitrogens with zero attached hydrogens (tertiary/aromatic N) is 3. The summed E-state index contributed by atoms with van der Waals surface area (Å²) in [6, 6.07) is -0.296. The first kappa shape index (κ1) is 14.0. The van der Waals surface area contributed by atoms with Gasteiger partial charge in [-0.2, -0.15) is 8.42 Å². The summed E-state index contributed by atoms with van der Waals surface area (Å²) in [5, 5.41) is 6.42. The van der Waals surface area contributed by atoms with Crippen LogP contribution in [-0.4, -0.2) is 30.3 Å². The molecule has 0 aliphatic heterocycles. The molecular formula is C9H16FN3O3S. The van der Waals surface area contributed by atoms with Gasteiger partial charge in [0.15, 0.2) is 5.82 Å². The van der Waals surface area contributed by atoms with Gasteiger partial charge in [-0.25, -0.2) is 0 Å². The molecule has 0 atom stereocenters. The highest BCUT2D eigenvalue weighted by Gasteiger charge is 2.33. The second-order valence-corrected chi connectivity index (χ2v) is 5.66. The first-order valence-electron chi connectivity index (χ1n) is 5.06. The summed E-state index contributed by atoms with van der Waals surface area (Å²) in [4.78, 5) is 0. The molecule has 0 fully saturated rings. The Bertz CT molecular complexity index is 508. The van der Waals surface area contributed by atoms with Gasteiger partial charge < -0.3 is 4.74 Å². The summed E-state index contributed by atoms with van der Waals surface area (Å²) in [5.41, 5.74) is -0.847. The Kier molecular flexibility index (Phi) is 3.58. The normalized spacial score (nSPS) is 13.4. The largest absolute Gasteiger partial charge is 0.371 e. The van der Waals surface area contributed by atoms with Crippen LogP contribution in [-0.2, 0) is 20.6 Å². The molecule has 0 saturated heterocycles. The van der Waals surface area contributed by atoms with Crippen LogP contribution >= 0.6 is 0 Å². The standard InChI is InChI=1S/C9H16FN3O3S/c1-6(2)13-7(9(3,4)16-5)11-12-8(13)17(10,14)15/h6H,1-5H3. The molecule has 0 N–H and O–H groups in total. The van der Waals surface area contributed by atoms with Crippen molar-refractivity contribution in [3.8, 4) is 0 Å². The molecule has 6 nitrogen and oxygen atoms in total. The molecule has 0 aliphatic carbocycles. The van der Waals surface area contributed by atoms with Gasteiger partial charge in [0.25, 0.3) is 5.16 Å². The molecule has 0 bridgehead atoms. The number of halogens is 1. The molecule has 0 radical (unpaired) electrons. The zero-order valence-corrected chi connectivity index (χ0v) is 11.2. The molecule has 8 heteroatoms. The average Bonchev–Trinajstić information content (AvgIpc) is 2.61. The number of aromatic nitrogens is 3. The van der Waals surface area contributed by atoms with E-state index in [1.807, 2.05) is 0 Å². The maximum absolute atomic E-state index is 13.1. The molecule has 98 valence electrons. The lowest BCUT2D eigenvalue weighted by Gasteiger charge is -2.24. The van der Waals surface area contributed by atoms with Crippen molar-refractivity contribution in [3.63, 3.8) is 0 Å². The lowest BCUT2D eigenvalue weighted by molar-refractivity contribution is 0.00693. The van der Waals surface area contributed by atoms with Gasteiger partial charge in [-0.15, -0.1) is 10.2 Å². The van der Waals surface area contributed by atoms with Crippen LogP contribution in [0.1, 0.15) is 39.6 Å². The third-order valence-corrected chi connectivity index (χ3v) is 3.16. The van der Waals surface area contributed by atoms with E-state index >= 15 is 0 Å². The molecule has 1 aromatic rings. The van der Waals surface area contributed by atoms with E-state index in [0.717, 1.165) is 0 Å². The summed E-state index contributed by atoms with van der Waals surface area (Å²) in [5.74, 6) is 0.270. The zero-order chi connectivity index (χ0) is 13.4. The Balaban J connectivity index is 3.52. The maximum atomic E-state index is 13.1. The SMILES string of the molecule is COC(C)(C)c1nnc(S(=O)(=O)F)n1C(C)C. The third kappa shape index (κ3) is 2.63. The van der Waals surface area contributed by atoms with Gasteiger partial charge in [-0.3, -0.25) is 4.57 Å². The lowest BCUT2D eigenvalue weighted by atomic mass is 10.1. The molecule has 0 amide bonds. The van der Waals surface area contributed by atoms with Crippen molar-refractivity contribution in [1.29, 1.82) is 0 Å². The van der Waals surface area contributed by atoms with E-state index in [9.17, 15) is 12.3 Å². The average molecular weight is 265 g/mol. The summed E-state index contributed by atoms with van der Waals surface area (Å²) >= 11 is 0. The summed E-state index contributed by atoms with van der Waals surface area (Å²) < 4.78 is 41.4. The fourth-order valence-electron chi connectivity index (χ4n) is 1.41. The fourth-order valence-corrected chi connectivity index (χ4v) is 2.08. The topological polar surface area (TPSA) is 74.1 Å². The highest BCUT2D eigenvalue weighted by atomic mass is 32.3. The molecule has 0 spiro atoms. The van der Waals surface area contributed by atoms with Crippen molar-refractivity contribution in [3.05, 3.63) is 5.82 Å². The third-order valence-electron chi connectivity index (χ3n) is 2.45. The molecule has 1 rings (SSSR count). The summed E-state index contributed by atoms with van der Waals surface area (Å²) in [6.07, 6.45) is 0. The predicted octanol–water partition coefficient (Wildman–Crippen LogP) is 1.40. The maximum Gasteiger partial charge on any atom is 0.368 e. The van der Waals surface area contributed by atoms with Crippen LogP contribution in [0.4, 0.5) is 3.89 Å². The Morgan fingerprint density at radius 2 is 1.88 bits per heavy atom. The second kappa shape index (κ2) is 4.34. The van der Waals surface area contributed by atoms with Crippen molar-refractivity contribution in [2.45, 2.75) is 44.5 Å². The van der Waals surface area contributed by atoms with E-state index < -0.39 is 21.0 Å². The van der Waals surface area contributed by atoms with Crippen LogP contribution in [0.5, 0.6) is 0 Å². The summed E-state index contributed by atoms with van der Waals surface area (Å²) in [6.45, 7) is 6.83. The molecule has 0 aromatic carbocycles. The van der Waals surface area contributed by atoms with Crippen molar-refractivity contribution >= 4 is 10.2 Å². The minimum Gasteiger partial charge on any atom is -0.371 e. The minimum atomic E-state index is -4.89. The molecule has 1 heterocycles. The lowest BCUT2D eigenvalue weighted by Crippen LogP contribution is -2.26. The number of rotatable bonds is 4. The highest BCUT2D eigenvalue weighted by Crippen LogP contribution is 2.27. The van der Waals surface area contributed by atoms with Crippen LogP contribution in [0.15, 0.2) is 5.16 Å². The monoisotopic (exact) mass is 265 g/mol. The van der Waals surface area contributed by atoms with Gasteiger partial charge in [-0.05, 0) is 27.7 Å². The molecule has 0 aliphatic rings. The van der Waals surface area contributed by atoms with Crippen molar-refractivity contribution in [2.75, 3.05) is 7.11 Å². The Hall–Kier alpha value is -1.02. The van der Waals surface area contributed by atoms with Crippen molar-refractivity contribution in [2.24, 2.45) is 0 Å². The van der Waals surface area contributed by atoms with E-state index in [4.69, 9.17) is 4.74 Å². The van der Waals surface area contributed by atoms with E-state index in [2.05, 4.69) is 10.2 Å². The quantitative estimate of drug-likeness (QED) is 0.769. The Morgan fingerprint density at radius 1 is 1.35 bits per heavy atom. The van der Waals surface area contributed by atoms with Crippen LogP contribution < -0.4 is 0 Å². The van der Waals surface area contributed by atoms with Crippen LogP contribution in [0.2, 0.25) is 0 Å². The molecule has 0 unspecified atom stereocenters. The number of hydrogen-bond donors (Lipinski definition) is 0. The first-order chi connectivity index (χ1) is 7.61. The summed E-state index contributed by atoms with van der Waals surface area (Å²) in [7, 11) is -3.43. The van der Waals surface area contributed by atoms with Crippen LogP contribution in [0, 0.1) is 0 Å². The van der Waals surface area contributed by atoms with Gasteiger partial charge in [0.2, 0.25) is 0 Å². The number of hydrogen-bond acceptors (Lipinski definition) is 5. The number of methoxy groups -OCH3 is 1. The first-order valence-corrected chi connectivity index (χ1v) is 6.44. The van der Waals surface area contributed by atoms with E-state index in [-0.39, 0.29) is 11.9 Å². The van der Waals surface area contributed by atoms with Crippen molar-refractivity contribution < 1.29 is 17.0 Å². The molecular weight excluding hydrogens is 249 g/mol. The zero-order valence-electron chi connectivity index (χ0n) is 10.4. The fraction of sp³-hybridized carbons (Fsp3) is 0.778. The molecule has 0 saturated carbocycles. The van der Waals surface area contributed by atoms with Gasteiger partial charge in [0.1, 0.15) is 5.60 Å². The Labute approximate surface area is 100 Å². The van der Waals surface area contributed by atoms with E-state index in [1.165, 1.54) is 11.7 Å². The second-order valence-electron chi connectivity index (χ2n) is 4.42. The molecule has 17 heavy (non-hydrogen) atoms. The molecule has 1 aromatic heterocycles. The van der Waals surface area contributed by atoms with Gasteiger partial charge in [-0.1, -0.05) is 3.89 Å². The van der Waals surface area contributed by atoms with E-state index in [0.29, 0.717) is 0 Å². The van der Waals surface area contributed by atoms with Crippen molar-refractivity contribution in [1.82, 2.24) is 14.8 Å². The van der Waals surface area contributed by atoms with Gasteiger partial charge in [0, 0.05) is 13.2 Å². The van der Waals surface area contributed by atoms with Gasteiger partial charge in [0.05, 0.1) is 0 Å². The smallest absolute Gasteiger partial charge is 0.368 e. The minimum absolute atomic E-state index is 0.270. The van der Waals surface area contributed by atoms with Crippen LogP contribution in [0.3, 0.4) is 0 Å². The Morgan fingerprint density at radius 3 is 2.24 bits per heavy atom. The number of ether oxygens (including phenoxy) is 1.